The molecule has 8 nitrogen and oxygen atoms in total. The zero-order chi connectivity index (χ0) is 23.7. The molecule has 0 aromatic carbocycles. The molecule has 0 aliphatic carbocycles. The summed E-state index contributed by atoms with van der Waals surface area (Å²) in [5, 5.41) is 31.1. The Labute approximate surface area is 145 Å². The van der Waals surface area contributed by atoms with Gasteiger partial charge in [-0.15, -0.1) is 0 Å². The number of carboxylic acid groups (broad SMARTS) is 4. The highest BCUT2D eigenvalue weighted by molar-refractivity contribution is 8.49. The summed E-state index contributed by atoms with van der Waals surface area (Å²) in [6.45, 7) is 0. The molecule has 0 radical (unpaired) electrons. The zero-order valence-corrected chi connectivity index (χ0v) is 13.8. The van der Waals surface area contributed by atoms with Crippen LogP contribution in [0.1, 0.15) is 0 Å². The fraction of sp³-hybridized carbons (Fsp3) is 0. The molecule has 0 saturated heterocycles. The Hall–Kier alpha value is -2.64. The van der Waals surface area contributed by atoms with Crippen molar-refractivity contribution in [2.45, 2.75) is 0 Å². The molecule has 4 N–H and O–H groups in total. The van der Waals surface area contributed by atoms with Gasteiger partial charge in [0.2, 0.25) is 0 Å². The van der Waals surface area contributed by atoms with Gasteiger partial charge in [0.1, 0.15) is 0 Å². The van der Waals surface area contributed by atoms with E-state index in [0.717, 1.165) is 0 Å². The number of hydrogen-bond acceptors (Lipinski definition) is 4. The third-order valence-corrected chi connectivity index (χ3v) is 4.01. The molecule has 0 bridgehead atoms. The first-order valence-electron chi connectivity index (χ1n) is 5.32. The second-order valence-corrected chi connectivity index (χ2v) is 9.00. The molecule has 0 heterocycles. The molecule has 0 unspecified atom stereocenters. The van der Waals surface area contributed by atoms with Crippen molar-refractivity contribution in [3.05, 3.63) is 22.0 Å². The van der Waals surface area contributed by atoms with Gasteiger partial charge < -0.3 is 20.4 Å². The van der Waals surface area contributed by atoms with Crippen molar-refractivity contribution in [1.82, 2.24) is 0 Å². The van der Waals surface area contributed by atoms with Crippen molar-refractivity contribution in [3.8, 4) is 0 Å². The van der Waals surface area contributed by atoms with Crippen molar-refractivity contribution in [2.24, 2.45) is 0 Å². The van der Waals surface area contributed by atoms with Gasteiger partial charge in [-0.1, -0.05) is 38.9 Å². The maximum Gasteiger partial charge on any atom is 0.351 e. The molecule has 0 rings (SSSR count). The summed E-state index contributed by atoms with van der Waals surface area (Å²) in [5.41, 5.74) is 0. The van der Waals surface area contributed by atoms with Crippen LogP contribution in [0.5, 0.6) is 0 Å². The third-order valence-electron chi connectivity index (χ3n) is 1.76. The molecule has 28 heavy (non-hydrogen) atoms. The van der Waals surface area contributed by atoms with Crippen LogP contribution < -0.4 is 0 Å². The Morgan fingerprint density at radius 1 is 0.500 bits per heavy atom. The lowest BCUT2D eigenvalue weighted by Gasteiger charge is -2.40. The van der Waals surface area contributed by atoms with Crippen LogP contribution in [0.25, 0.3) is 0 Å². The quantitative estimate of drug-likeness (QED) is 0.314. The number of hydrogen-bond donors (Lipinski definition) is 4. The van der Waals surface area contributed by atoms with Gasteiger partial charge in [0.25, 0.3) is 0 Å². The second kappa shape index (κ2) is 5.93. The average Bonchev–Trinajstić information content (AvgIpc) is 2.26. The van der Waals surface area contributed by atoms with E-state index in [-0.39, 0.29) is 0 Å². The first kappa shape index (κ1) is 27.6. The van der Waals surface area contributed by atoms with Crippen LogP contribution in [-0.2, 0) is 19.2 Å². The van der Waals surface area contributed by atoms with Gasteiger partial charge in [0.15, 0.2) is 9.81 Å². The number of carbonyl (C=O) groups is 4. The minimum atomic E-state index is -10.4. The van der Waals surface area contributed by atoms with Crippen molar-refractivity contribution in [2.75, 3.05) is 0 Å². The lowest BCUT2D eigenvalue weighted by molar-refractivity contribution is -0.134. The van der Waals surface area contributed by atoms with E-state index in [1.54, 1.807) is 0 Å². The predicted octanol–water partition coefficient (Wildman–Crippen LogP) is 4.68. The highest BCUT2D eigenvalue weighted by atomic mass is 32.5. The largest absolute Gasteiger partial charge is 0.478 e. The molecule has 0 aliphatic heterocycles. The van der Waals surface area contributed by atoms with Crippen LogP contribution in [0.15, 0.2) is 22.0 Å². The van der Waals surface area contributed by atoms with Gasteiger partial charge in [0.05, 0.1) is 12.2 Å². The number of halogens is 10. The van der Waals surface area contributed by atoms with Crippen LogP contribution >= 0.6 is 20.4 Å². The fourth-order valence-electron chi connectivity index (χ4n) is 0.900. The van der Waals surface area contributed by atoms with E-state index in [1.807, 2.05) is 0 Å². The Kier molecular flexibility index (Phi) is 5.84. The molecule has 168 valence electrons. The second-order valence-electron chi connectivity index (χ2n) is 4.24. The Morgan fingerprint density at radius 3 is 0.714 bits per heavy atom. The van der Waals surface area contributed by atoms with Crippen LogP contribution in [-0.4, -0.2) is 44.3 Å². The molecule has 0 atom stereocenters. The molecular weight excluding hydrogens is 478 g/mol. The summed E-state index contributed by atoms with van der Waals surface area (Å²) in [4.78, 5) is 32.3. The summed E-state index contributed by atoms with van der Waals surface area (Å²) in [7, 11) is -20.9. The van der Waals surface area contributed by atoms with Gasteiger partial charge in [-0.2, -0.15) is 0 Å². The molecule has 0 aromatic heterocycles. The van der Waals surface area contributed by atoms with E-state index >= 15 is 0 Å². The van der Waals surface area contributed by atoms with E-state index in [4.69, 9.17) is 20.4 Å². The summed E-state index contributed by atoms with van der Waals surface area (Å²) in [5.74, 6) is -10.9. The van der Waals surface area contributed by atoms with Gasteiger partial charge in [-0.3, -0.25) is 0 Å². The summed E-state index contributed by atoms with van der Waals surface area (Å²) in [6.07, 6.45) is -2.16. The van der Waals surface area contributed by atoms with E-state index in [1.165, 1.54) is 0 Å². The number of rotatable bonds is 6. The maximum atomic E-state index is 11.8. The Balaban J connectivity index is 0. The monoisotopic (exact) mass is 484 g/mol. The Bertz CT molecular complexity index is 722. The summed E-state index contributed by atoms with van der Waals surface area (Å²) < 4.78 is 118. The van der Waals surface area contributed by atoms with E-state index in [2.05, 4.69) is 0 Å². The molecule has 0 saturated carbocycles. The average molecular weight is 484 g/mol. The predicted molar refractivity (Wildman–Crippen MR) is 73.0 cm³/mol. The minimum absolute atomic E-state index is 1.08. The topological polar surface area (TPSA) is 149 Å². The van der Waals surface area contributed by atoms with Crippen LogP contribution in [0.3, 0.4) is 0 Å². The SMILES string of the molecule is O=C(O)/C=C(\C(=O)O)S(F)(F)(F)(F)F.O=C(O)/C=C(\C(=O)O)S(F)(F)(F)(F)F. The highest BCUT2D eigenvalue weighted by Crippen LogP contribution is 3.02. The van der Waals surface area contributed by atoms with Gasteiger partial charge in [-0.05, 0) is 0 Å². The molecule has 20 heteroatoms. The van der Waals surface area contributed by atoms with Gasteiger partial charge in [0, 0.05) is 0 Å². The molecule has 0 aromatic rings. The van der Waals surface area contributed by atoms with Gasteiger partial charge in [-0.25, -0.2) is 19.2 Å². The minimum Gasteiger partial charge on any atom is -0.478 e. The molecule has 0 amide bonds. The van der Waals surface area contributed by atoms with E-state index < -0.39 is 66.3 Å². The first-order valence-corrected chi connectivity index (χ1v) is 9.22. The molecular formula is C8H6F10O8S2. The standard InChI is InChI=1S/2C4H3F5O4S/c2*5-14(6,7,8,9)2(4(12)13)1-3(10)11/h2*1H,(H,10,11)(H,12,13)/b2*2-1+. The van der Waals surface area contributed by atoms with Gasteiger partial charge >= 0.3 is 44.3 Å². The molecule has 0 spiro atoms. The van der Waals surface area contributed by atoms with Crippen molar-refractivity contribution < 1.29 is 78.5 Å². The van der Waals surface area contributed by atoms with Crippen molar-refractivity contribution in [3.63, 3.8) is 0 Å². The molecule has 0 aliphatic rings. The number of carboxylic acids is 4. The molecule has 0 fully saturated rings. The summed E-state index contributed by atoms with van der Waals surface area (Å²) >= 11 is 0. The zero-order valence-electron chi connectivity index (χ0n) is 12.2. The smallest absolute Gasteiger partial charge is 0.351 e. The third kappa shape index (κ3) is 10.5. The Morgan fingerprint density at radius 2 is 0.679 bits per heavy atom. The lowest BCUT2D eigenvalue weighted by atomic mass is 10.5. The number of aliphatic carboxylic acids is 4. The fourth-order valence-corrected chi connectivity index (χ4v) is 2.21. The van der Waals surface area contributed by atoms with Crippen LogP contribution in [0.2, 0.25) is 0 Å². The van der Waals surface area contributed by atoms with Crippen molar-refractivity contribution in [1.29, 1.82) is 0 Å². The highest BCUT2D eigenvalue weighted by Gasteiger charge is 2.71. The van der Waals surface area contributed by atoms with E-state index in [0.29, 0.717) is 0 Å². The summed E-state index contributed by atoms with van der Waals surface area (Å²) in [6, 6.07) is 0. The van der Waals surface area contributed by atoms with Crippen LogP contribution in [0.4, 0.5) is 38.9 Å². The first-order chi connectivity index (χ1) is 11.5. The van der Waals surface area contributed by atoms with Crippen LogP contribution in [0, 0.1) is 0 Å². The normalized spacial score (nSPS) is 18.2. The lowest BCUT2D eigenvalue weighted by Crippen LogP contribution is -2.18. The van der Waals surface area contributed by atoms with Crippen molar-refractivity contribution >= 4 is 44.3 Å². The van der Waals surface area contributed by atoms with E-state index in [9.17, 15) is 58.0 Å². The maximum absolute atomic E-state index is 11.8.